The zero-order valence-electron chi connectivity index (χ0n) is 9.55. The van der Waals surface area contributed by atoms with Crippen LogP contribution in [0.2, 0.25) is 10.0 Å². The zero-order chi connectivity index (χ0) is 13.8. The fraction of sp³-hybridized carbons (Fsp3) is 0. The maximum atomic E-state index is 8.56. The highest BCUT2D eigenvalue weighted by atomic mass is 35.5. The van der Waals surface area contributed by atoms with Crippen molar-refractivity contribution in [2.45, 2.75) is 9.92 Å². The quantitative estimate of drug-likeness (QED) is 0.393. The third-order valence-corrected chi connectivity index (χ3v) is 3.93. The maximum Gasteiger partial charge on any atom is 0.171 e. The Morgan fingerprint density at radius 3 is 2.68 bits per heavy atom. The first kappa shape index (κ1) is 14.0. The van der Waals surface area contributed by atoms with Crippen LogP contribution >= 0.6 is 35.0 Å². The second-order valence-corrected chi connectivity index (χ2v) is 5.45. The van der Waals surface area contributed by atoms with Crippen molar-refractivity contribution in [2.24, 2.45) is 10.9 Å². The highest BCUT2D eigenvalue weighted by Gasteiger charge is 2.06. The molecule has 0 aliphatic rings. The summed E-state index contributed by atoms with van der Waals surface area (Å²) in [7, 11) is 0. The molecular weight excluding hydrogens is 305 g/mol. The summed E-state index contributed by atoms with van der Waals surface area (Å²) in [6, 6.07) is 8.70. The zero-order valence-corrected chi connectivity index (χ0v) is 11.9. The molecule has 98 valence electrons. The van der Waals surface area contributed by atoms with E-state index in [1.807, 2.05) is 0 Å². The van der Waals surface area contributed by atoms with E-state index < -0.39 is 0 Å². The minimum atomic E-state index is 0.0184. The fourth-order valence-corrected chi connectivity index (χ4v) is 2.61. The van der Waals surface area contributed by atoms with Gasteiger partial charge in [0.15, 0.2) is 5.84 Å². The number of oxime groups is 1. The lowest BCUT2D eigenvalue weighted by Gasteiger charge is -2.05. The number of rotatable bonds is 3. The number of nitrogens with two attached hydrogens (primary N) is 1. The Labute approximate surface area is 124 Å². The molecule has 0 aliphatic heterocycles. The Bertz CT molecular complexity index is 617. The highest BCUT2D eigenvalue weighted by molar-refractivity contribution is 7.99. The van der Waals surface area contributed by atoms with Crippen LogP contribution in [-0.4, -0.2) is 16.0 Å². The lowest BCUT2D eigenvalue weighted by Crippen LogP contribution is -2.13. The van der Waals surface area contributed by atoms with Crippen molar-refractivity contribution in [1.29, 1.82) is 0 Å². The molecule has 0 atom stereocenters. The fourth-order valence-electron chi connectivity index (χ4n) is 1.32. The standard InChI is InChI=1S/C12H9Cl2N3OS/c13-8-2-3-9(14)10(5-8)19-11-4-1-7(6-16-11)12(15)17-18/h1-6,18H,(H2,15,17). The van der Waals surface area contributed by atoms with Crippen molar-refractivity contribution >= 4 is 40.8 Å². The number of benzene rings is 1. The molecule has 0 spiro atoms. The summed E-state index contributed by atoms with van der Waals surface area (Å²) in [5.41, 5.74) is 6.00. The molecule has 4 nitrogen and oxygen atoms in total. The third kappa shape index (κ3) is 3.53. The van der Waals surface area contributed by atoms with E-state index in [1.54, 1.807) is 30.3 Å². The van der Waals surface area contributed by atoms with E-state index in [0.717, 1.165) is 9.92 Å². The molecule has 3 N–H and O–H groups in total. The summed E-state index contributed by atoms with van der Waals surface area (Å²) in [6.45, 7) is 0. The number of hydrogen-bond acceptors (Lipinski definition) is 4. The molecule has 2 aromatic rings. The number of pyridine rings is 1. The van der Waals surface area contributed by atoms with Crippen LogP contribution in [0, 0.1) is 0 Å². The Balaban J connectivity index is 2.22. The number of nitrogens with zero attached hydrogens (tertiary/aromatic N) is 2. The molecule has 0 unspecified atom stereocenters. The second-order valence-electron chi connectivity index (χ2n) is 3.55. The van der Waals surface area contributed by atoms with Gasteiger partial charge in [-0.1, -0.05) is 40.1 Å². The maximum absolute atomic E-state index is 8.56. The van der Waals surface area contributed by atoms with Crippen LogP contribution in [0.15, 0.2) is 51.6 Å². The molecule has 7 heteroatoms. The van der Waals surface area contributed by atoms with Crippen LogP contribution in [0.25, 0.3) is 0 Å². The predicted octanol–water partition coefficient (Wildman–Crippen LogP) is 3.63. The van der Waals surface area contributed by atoms with E-state index in [9.17, 15) is 0 Å². The van der Waals surface area contributed by atoms with Crippen LogP contribution in [0.4, 0.5) is 0 Å². The van der Waals surface area contributed by atoms with Crippen LogP contribution in [0.1, 0.15) is 5.56 Å². The molecule has 0 aliphatic carbocycles. The van der Waals surface area contributed by atoms with E-state index in [1.165, 1.54) is 18.0 Å². The highest BCUT2D eigenvalue weighted by Crippen LogP contribution is 2.33. The average molecular weight is 314 g/mol. The molecule has 0 bridgehead atoms. The molecule has 0 saturated heterocycles. The number of aromatic nitrogens is 1. The van der Waals surface area contributed by atoms with Gasteiger partial charge < -0.3 is 10.9 Å². The van der Waals surface area contributed by atoms with Gasteiger partial charge in [0.05, 0.1) is 5.02 Å². The van der Waals surface area contributed by atoms with Gasteiger partial charge >= 0.3 is 0 Å². The molecule has 19 heavy (non-hydrogen) atoms. The molecular formula is C12H9Cl2N3OS. The molecule has 0 amide bonds. The van der Waals surface area contributed by atoms with Gasteiger partial charge in [0.25, 0.3) is 0 Å². The predicted molar refractivity (Wildman–Crippen MR) is 77.3 cm³/mol. The minimum Gasteiger partial charge on any atom is -0.409 e. The van der Waals surface area contributed by atoms with Gasteiger partial charge in [-0.3, -0.25) is 0 Å². The molecule has 0 fully saturated rings. The van der Waals surface area contributed by atoms with Crippen LogP contribution in [-0.2, 0) is 0 Å². The molecule has 1 heterocycles. The number of halogens is 2. The van der Waals surface area contributed by atoms with Crippen molar-refractivity contribution < 1.29 is 5.21 Å². The largest absolute Gasteiger partial charge is 0.409 e. The summed E-state index contributed by atoms with van der Waals surface area (Å²) in [4.78, 5) is 5.02. The molecule has 0 saturated carbocycles. The Morgan fingerprint density at radius 2 is 2.05 bits per heavy atom. The summed E-state index contributed by atoms with van der Waals surface area (Å²) in [5.74, 6) is 0.0184. The Morgan fingerprint density at radius 1 is 1.26 bits per heavy atom. The SMILES string of the molecule is N/C(=N\O)c1ccc(Sc2cc(Cl)ccc2Cl)nc1. The van der Waals surface area contributed by atoms with Gasteiger partial charge in [0, 0.05) is 21.7 Å². The smallest absolute Gasteiger partial charge is 0.171 e. The summed E-state index contributed by atoms with van der Waals surface area (Å²) >= 11 is 13.4. The van der Waals surface area contributed by atoms with Crippen LogP contribution in [0.5, 0.6) is 0 Å². The summed E-state index contributed by atoms with van der Waals surface area (Å²) in [5, 5.41) is 13.4. The number of amidine groups is 1. The second kappa shape index (κ2) is 6.14. The van der Waals surface area contributed by atoms with Gasteiger partial charge in [-0.15, -0.1) is 0 Å². The van der Waals surface area contributed by atoms with Gasteiger partial charge in [0.2, 0.25) is 0 Å². The summed E-state index contributed by atoms with van der Waals surface area (Å²) in [6.07, 6.45) is 1.52. The van der Waals surface area contributed by atoms with E-state index >= 15 is 0 Å². The summed E-state index contributed by atoms with van der Waals surface area (Å²) < 4.78 is 0. The van der Waals surface area contributed by atoms with Crippen molar-refractivity contribution in [3.05, 3.63) is 52.1 Å². The van der Waals surface area contributed by atoms with Crippen molar-refractivity contribution in [3.63, 3.8) is 0 Å². The van der Waals surface area contributed by atoms with E-state index in [4.69, 9.17) is 34.1 Å². The average Bonchev–Trinajstić information content (AvgIpc) is 2.43. The number of hydrogen-bond donors (Lipinski definition) is 2. The van der Waals surface area contributed by atoms with Crippen molar-refractivity contribution in [1.82, 2.24) is 4.98 Å². The molecule has 1 aromatic carbocycles. The van der Waals surface area contributed by atoms with Gasteiger partial charge in [-0.05, 0) is 30.3 Å². The topological polar surface area (TPSA) is 71.5 Å². The van der Waals surface area contributed by atoms with Crippen molar-refractivity contribution in [2.75, 3.05) is 0 Å². The normalized spacial score (nSPS) is 11.6. The van der Waals surface area contributed by atoms with E-state index in [-0.39, 0.29) is 5.84 Å². The van der Waals surface area contributed by atoms with Gasteiger partial charge in [-0.2, -0.15) is 0 Å². The third-order valence-electron chi connectivity index (χ3n) is 2.25. The minimum absolute atomic E-state index is 0.0184. The van der Waals surface area contributed by atoms with Crippen molar-refractivity contribution in [3.8, 4) is 0 Å². The lowest BCUT2D eigenvalue weighted by molar-refractivity contribution is 0.318. The van der Waals surface area contributed by atoms with Crippen LogP contribution in [0.3, 0.4) is 0 Å². The van der Waals surface area contributed by atoms with E-state index in [0.29, 0.717) is 15.6 Å². The van der Waals surface area contributed by atoms with Crippen LogP contribution < -0.4 is 5.73 Å². The molecule has 1 aromatic heterocycles. The Kier molecular flexibility index (Phi) is 4.52. The molecule has 2 rings (SSSR count). The van der Waals surface area contributed by atoms with Gasteiger partial charge in [-0.25, -0.2) is 4.98 Å². The lowest BCUT2D eigenvalue weighted by atomic mass is 10.3. The first-order chi connectivity index (χ1) is 9.10. The first-order valence-corrected chi connectivity index (χ1v) is 6.74. The van der Waals surface area contributed by atoms with E-state index in [2.05, 4.69) is 10.1 Å². The van der Waals surface area contributed by atoms with Gasteiger partial charge in [0.1, 0.15) is 5.03 Å². The Hall–Kier alpha value is -1.43. The molecule has 0 radical (unpaired) electrons. The monoisotopic (exact) mass is 313 g/mol. The first-order valence-electron chi connectivity index (χ1n) is 5.17.